The molecule has 0 aromatic heterocycles. The van der Waals surface area contributed by atoms with Crippen molar-refractivity contribution in [1.29, 1.82) is 0 Å². The number of quaternary nitrogens is 2. The van der Waals surface area contributed by atoms with Gasteiger partial charge in [0.05, 0.1) is 52.9 Å². The normalized spacial score (nSPS) is 28.6. The Kier molecular flexibility index (Phi) is 11.4. The van der Waals surface area contributed by atoms with Gasteiger partial charge in [0.15, 0.2) is 0 Å². The van der Waals surface area contributed by atoms with Gasteiger partial charge in [-0.25, -0.2) is 0 Å². The van der Waals surface area contributed by atoms with Crippen LogP contribution in [0.25, 0.3) is 0 Å². The van der Waals surface area contributed by atoms with E-state index in [1.807, 2.05) is 0 Å². The molecule has 0 amide bonds. The summed E-state index contributed by atoms with van der Waals surface area (Å²) < 4.78 is 141. The molecule has 0 unspecified atom stereocenters. The van der Waals surface area contributed by atoms with E-state index >= 15 is 0 Å². The van der Waals surface area contributed by atoms with Gasteiger partial charge in [0.1, 0.15) is 39.3 Å². The van der Waals surface area contributed by atoms with Crippen LogP contribution >= 0.6 is 15.6 Å². The Morgan fingerprint density at radius 3 is 0.647 bits per heavy atom. The SMILES string of the molecule is C1COCC[NH+]2CCOCC[NH+](CCO1)CCOCC2.F[P-](F)(F)(F)(F)F.F[P-](F)(F)(F)(F)F. The molecule has 3 heterocycles. The Morgan fingerprint density at radius 1 is 0.324 bits per heavy atom. The van der Waals surface area contributed by atoms with E-state index in [1.54, 1.807) is 0 Å². The standard InChI is InChI=1S/C14H28N2O4.2F6P/c1-7-17-9-3-16-4-10-18-8-2-15(1)5-11-19-13-14-20-12-6-16;2*1-7(2,3,4,5)6/h1-14H2;;/q;2*-1/p+2. The molecule has 0 atom stereocenters. The molecular formula is C14H30F12N2O4P2. The zero-order valence-electron chi connectivity index (χ0n) is 18.0. The molecular weight excluding hydrogens is 550 g/mol. The van der Waals surface area contributed by atoms with Crippen molar-refractivity contribution in [2.75, 3.05) is 92.1 Å². The quantitative estimate of drug-likeness (QED) is 0.340. The van der Waals surface area contributed by atoms with Gasteiger partial charge < -0.3 is 28.7 Å². The summed E-state index contributed by atoms with van der Waals surface area (Å²) in [5.41, 5.74) is 0. The van der Waals surface area contributed by atoms with Crippen molar-refractivity contribution in [3.05, 3.63) is 0 Å². The van der Waals surface area contributed by atoms with Crippen LogP contribution in [-0.2, 0) is 18.9 Å². The number of fused-ring (bicyclic) bond motifs is 15. The van der Waals surface area contributed by atoms with Crippen LogP contribution in [0.3, 0.4) is 0 Å². The third kappa shape index (κ3) is 42.0. The summed E-state index contributed by atoms with van der Waals surface area (Å²) in [5.74, 6) is 0. The van der Waals surface area contributed by atoms with Gasteiger partial charge in [0, 0.05) is 0 Å². The summed E-state index contributed by atoms with van der Waals surface area (Å²) in [7, 11) is -21.3. The van der Waals surface area contributed by atoms with E-state index in [2.05, 4.69) is 0 Å². The molecule has 2 N–H and O–H groups in total. The summed E-state index contributed by atoms with van der Waals surface area (Å²) in [4.78, 5) is 3.01. The molecule has 0 radical (unpaired) electrons. The fourth-order valence-corrected chi connectivity index (χ4v) is 2.58. The van der Waals surface area contributed by atoms with Crippen LogP contribution in [0, 0.1) is 0 Å². The molecule has 3 fully saturated rings. The predicted molar refractivity (Wildman–Crippen MR) is 102 cm³/mol. The van der Waals surface area contributed by atoms with E-state index in [9.17, 15) is 50.4 Å². The van der Waals surface area contributed by atoms with Gasteiger partial charge in [-0.1, -0.05) is 0 Å². The molecule has 0 saturated carbocycles. The second-order valence-electron chi connectivity index (χ2n) is 7.37. The maximum absolute atomic E-state index is 10.7. The third-order valence-electron chi connectivity index (χ3n) is 3.97. The molecule has 3 saturated heterocycles. The average Bonchev–Trinajstić information content (AvgIpc) is 2.55. The first-order valence-corrected chi connectivity index (χ1v) is 14.0. The zero-order chi connectivity index (χ0) is 26.7. The minimum absolute atomic E-state index is 0.704. The summed E-state index contributed by atoms with van der Waals surface area (Å²) in [5, 5.41) is 0. The first-order chi connectivity index (χ1) is 14.8. The molecule has 6 nitrogen and oxygen atoms in total. The molecule has 214 valence electrons. The van der Waals surface area contributed by atoms with Crippen molar-refractivity contribution in [2.24, 2.45) is 0 Å². The molecule has 0 aromatic carbocycles. The monoisotopic (exact) mass is 580 g/mol. The molecule has 3 aliphatic rings. The van der Waals surface area contributed by atoms with Gasteiger partial charge in [-0.2, -0.15) is 0 Å². The van der Waals surface area contributed by atoms with E-state index in [1.165, 1.54) is 9.80 Å². The predicted octanol–water partition coefficient (Wildman–Crippen LogP) is 3.61. The number of rotatable bonds is 0. The van der Waals surface area contributed by atoms with Crippen molar-refractivity contribution in [3.63, 3.8) is 0 Å². The Morgan fingerprint density at radius 2 is 0.471 bits per heavy atom. The summed E-state index contributed by atoms with van der Waals surface area (Å²) in [6, 6.07) is 0. The van der Waals surface area contributed by atoms with Crippen molar-refractivity contribution in [2.45, 2.75) is 0 Å². The average molecular weight is 580 g/mol. The Balaban J connectivity index is 0.000000642. The molecule has 34 heavy (non-hydrogen) atoms. The topological polar surface area (TPSA) is 45.8 Å². The molecule has 0 spiro atoms. The Labute approximate surface area is 187 Å². The number of hydrogen-bond acceptors (Lipinski definition) is 4. The number of halogens is 12. The summed E-state index contributed by atoms with van der Waals surface area (Å²) in [6.45, 7) is 12.5. The van der Waals surface area contributed by atoms with E-state index in [0.29, 0.717) is 13.2 Å². The zero-order valence-corrected chi connectivity index (χ0v) is 19.8. The molecule has 3 rings (SSSR count). The van der Waals surface area contributed by atoms with Crippen LogP contribution < -0.4 is 9.80 Å². The van der Waals surface area contributed by atoms with Gasteiger partial charge in [-0.3, -0.25) is 0 Å². The second-order valence-corrected chi connectivity index (χ2v) is 11.2. The second kappa shape index (κ2) is 11.4. The van der Waals surface area contributed by atoms with Crippen LogP contribution in [-0.4, -0.2) is 92.1 Å². The van der Waals surface area contributed by atoms with E-state index in [0.717, 1.165) is 78.9 Å². The molecule has 2 bridgehead atoms. The van der Waals surface area contributed by atoms with E-state index < -0.39 is 15.6 Å². The fraction of sp³-hybridized carbons (Fsp3) is 1.00. The van der Waals surface area contributed by atoms with Crippen molar-refractivity contribution in [3.8, 4) is 0 Å². The van der Waals surface area contributed by atoms with Gasteiger partial charge in [0.2, 0.25) is 0 Å². The summed E-state index contributed by atoms with van der Waals surface area (Å²) in [6.07, 6.45) is 0. The number of ether oxygens (including phenoxy) is 4. The Hall–Kier alpha value is -0.220. The Bertz CT molecular complexity index is 497. The summed E-state index contributed by atoms with van der Waals surface area (Å²) >= 11 is 0. The number of nitrogens with one attached hydrogen (secondary N) is 2. The van der Waals surface area contributed by atoms with Crippen LogP contribution in [0.15, 0.2) is 0 Å². The molecule has 0 aromatic rings. The third-order valence-corrected chi connectivity index (χ3v) is 3.97. The van der Waals surface area contributed by atoms with Gasteiger partial charge in [0.25, 0.3) is 0 Å². The molecule has 0 aliphatic carbocycles. The van der Waals surface area contributed by atoms with Gasteiger partial charge in [-0.05, 0) is 0 Å². The maximum atomic E-state index is 9.87. The van der Waals surface area contributed by atoms with Crippen LogP contribution in [0.5, 0.6) is 0 Å². The first kappa shape index (κ1) is 33.8. The first-order valence-electron chi connectivity index (χ1n) is 9.96. The van der Waals surface area contributed by atoms with Gasteiger partial charge >= 0.3 is 66.0 Å². The van der Waals surface area contributed by atoms with Crippen molar-refractivity contribution in [1.82, 2.24) is 0 Å². The molecule has 20 heteroatoms. The van der Waals surface area contributed by atoms with E-state index in [-0.39, 0.29) is 0 Å². The fourth-order valence-electron chi connectivity index (χ4n) is 2.58. The van der Waals surface area contributed by atoms with Crippen LogP contribution in [0.1, 0.15) is 0 Å². The van der Waals surface area contributed by atoms with E-state index in [4.69, 9.17) is 18.9 Å². The van der Waals surface area contributed by atoms with Crippen LogP contribution in [0.4, 0.5) is 50.4 Å². The van der Waals surface area contributed by atoms with Gasteiger partial charge in [-0.15, -0.1) is 0 Å². The minimum atomic E-state index is -10.7. The molecule has 3 aliphatic heterocycles. The van der Waals surface area contributed by atoms with Crippen LogP contribution in [0.2, 0.25) is 0 Å². The number of hydrogen-bond donors (Lipinski definition) is 2. The van der Waals surface area contributed by atoms with Crippen molar-refractivity contribution < 1.29 is 79.1 Å². The van der Waals surface area contributed by atoms with Crippen molar-refractivity contribution >= 4 is 15.6 Å².